The van der Waals surface area contributed by atoms with E-state index in [1.54, 1.807) is 0 Å². The lowest BCUT2D eigenvalue weighted by Gasteiger charge is -2.07. The molecule has 90 valence electrons. The van der Waals surface area contributed by atoms with Crippen molar-refractivity contribution in [2.45, 2.75) is 0 Å². The monoisotopic (exact) mass is 263 g/mol. The summed E-state index contributed by atoms with van der Waals surface area (Å²) in [4.78, 5) is 7.57. The average molecular weight is 264 g/mol. The number of benzene rings is 1. The molecule has 0 radical (unpaired) electrons. The highest BCUT2D eigenvalue weighted by atomic mass is 35.5. The minimum absolute atomic E-state index is 0.0211. The number of halogens is 2. The molecule has 1 aromatic heterocycles. The van der Waals surface area contributed by atoms with Crippen LogP contribution in [0.1, 0.15) is 5.56 Å². The number of nitrogens with zero attached hydrogens (tertiary/aromatic N) is 3. The Morgan fingerprint density at radius 3 is 2.61 bits per heavy atom. The Hall–Kier alpha value is -2.39. The van der Waals surface area contributed by atoms with Crippen LogP contribution in [0.3, 0.4) is 0 Å². The molecule has 2 aromatic rings. The second-order valence-corrected chi connectivity index (χ2v) is 3.84. The maximum atomic E-state index is 13.4. The normalized spacial score (nSPS) is 10.1. The number of hydrogen-bond acceptors (Lipinski definition) is 5. The van der Waals surface area contributed by atoms with Crippen molar-refractivity contribution in [2.24, 2.45) is 0 Å². The first-order valence-electron chi connectivity index (χ1n) is 4.81. The van der Waals surface area contributed by atoms with Crippen LogP contribution in [0.5, 0.6) is 0 Å². The molecular formula is C11H7ClFN5. The summed E-state index contributed by atoms with van der Waals surface area (Å²) in [6.07, 6.45) is 0. The third-order valence-corrected chi connectivity index (χ3v) is 2.57. The van der Waals surface area contributed by atoms with Gasteiger partial charge in [0.15, 0.2) is 0 Å². The third-order valence-electron chi connectivity index (χ3n) is 2.26. The molecule has 0 atom stereocenters. The zero-order valence-corrected chi connectivity index (χ0v) is 9.74. The van der Waals surface area contributed by atoms with Crippen LogP contribution in [-0.4, -0.2) is 9.97 Å². The zero-order valence-electron chi connectivity index (χ0n) is 8.98. The van der Waals surface area contributed by atoms with Crippen LogP contribution in [-0.2, 0) is 0 Å². The quantitative estimate of drug-likeness (QED) is 0.819. The second-order valence-electron chi connectivity index (χ2n) is 3.43. The van der Waals surface area contributed by atoms with Crippen molar-refractivity contribution in [1.29, 1.82) is 5.26 Å². The van der Waals surface area contributed by atoms with Crippen molar-refractivity contribution in [3.05, 3.63) is 34.6 Å². The molecule has 0 bridgehead atoms. The van der Waals surface area contributed by atoms with E-state index in [1.165, 1.54) is 12.1 Å². The lowest BCUT2D eigenvalue weighted by atomic mass is 10.1. The second kappa shape index (κ2) is 4.47. The van der Waals surface area contributed by atoms with Crippen LogP contribution >= 0.6 is 11.6 Å². The summed E-state index contributed by atoms with van der Waals surface area (Å²) >= 11 is 5.58. The van der Waals surface area contributed by atoms with E-state index in [9.17, 15) is 4.39 Å². The minimum atomic E-state index is -0.617. The third kappa shape index (κ3) is 2.04. The summed E-state index contributed by atoms with van der Waals surface area (Å²) in [5, 5.41) is 8.98. The van der Waals surface area contributed by atoms with E-state index in [-0.39, 0.29) is 28.0 Å². The Labute approximate surface area is 107 Å². The summed E-state index contributed by atoms with van der Waals surface area (Å²) in [7, 11) is 0. The molecule has 0 fully saturated rings. The fraction of sp³-hybridized carbons (Fsp3) is 0. The van der Waals surface area contributed by atoms with Crippen molar-refractivity contribution in [3.63, 3.8) is 0 Å². The maximum absolute atomic E-state index is 13.4. The predicted molar refractivity (Wildman–Crippen MR) is 66.0 cm³/mol. The first-order chi connectivity index (χ1) is 8.52. The number of rotatable bonds is 1. The van der Waals surface area contributed by atoms with Gasteiger partial charge in [-0.25, -0.2) is 9.37 Å². The number of aromatic nitrogens is 2. The predicted octanol–water partition coefficient (Wildman–Crippen LogP) is 1.97. The number of nitrogen functional groups attached to an aromatic ring is 2. The molecule has 0 aliphatic carbocycles. The molecule has 0 amide bonds. The SMILES string of the molecule is N#Cc1c(N)nc(N)nc1-c1ccc(Cl)c(F)c1. The van der Waals surface area contributed by atoms with Crippen molar-refractivity contribution >= 4 is 23.4 Å². The van der Waals surface area contributed by atoms with Gasteiger partial charge in [-0.2, -0.15) is 10.2 Å². The van der Waals surface area contributed by atoms with Gasteiger partial charge < -0.3 is 11.5 Å². The first kappa shape index (κ1) is 12.1. The molecule has 1 heterocycles. The fourth-order valence-electron chi connectivity index (χ4n) is 1.46. The number of anilines is 2. The Morgan fingerprint density at radius 2 is 2.00 bits per heavy atom. The van der Waals surface area contributed by atoms with Gasteiger partial charge in [-0.3, -0.25) is 0 Å². The van der Waals surface area contributed by atoms with Gasteiger partial charge in [-0.15, -0.1) is 0 Å². The Morgan fingerprint density at radius 1 is 1.28 bits per heavy atom. The van der Waals surface area contributed by atoms with E-state index in [1.807, 2.05) is 6.07 Å². The first-order valence-corrected chi connectivity index (χ1v) is 5.19. The molecule has 5 nitrogen and oxygen atoms in total. The van der Waals surface area contributed by atoms with Gasteiger partial charge in [-0.05, 0) is 12.1 Å². The Balaban J connectivity index is 2.70. The fourth-order valence-corrected chi connectivity index (χ4v) is 1.58. The molecule has 0 unspecified atom stereocenters. The molecule has 0 saturated carbocycles. The van der Waals surface area contributed by atoms with Crippen LogP contribution in [0.15, 0.2) is 18.2 Å². The van der Waals surface area contributed by atoms with Crippen LogP contribution < -0.4 is 11.5 Å². The summed E-state index contributed by atoms with van der Waals surface area (Å²) in [5.74, 6) is -0.749. The standard InChI is InChI=1S/C11H7ClFN5/c12-7-2-1-5(3-8(7)13)9-6(4-14)10(15)18-11(16)17-9/h1-3H,(H4,15,16,17,18). The van der Waals surface area contributed by atoms with E-state index < -0.39 is 5.82 Å². The molecule has 18 heavy (non-hydrogen) atoms. The number of nitrogens with two attached hydrogens (primary N) is 2. The highest BCUT2D eigenvalue weighted by Crippen LogP contribution is 2.27. The zero-order chi connectivity index (χ0) is 13.3. The molecule has 7 heteroatoms. The van der Waals surface area contributed by atoms with E-state index >= 15 is 0 Å². The molecule has 1 aromatic carbocycles. The topological polar surface area (TPSA) is 102 Å². The highest BCUT2D eigenvalue weighted by Gasteiger charge is 2.14. The number of hydrogen-bond donors (Lipinski definition) is 2. The van der Waals surface area contributed by atoms with E-state index in [4.69, 9.17) is 28.3 Å². The largest absolute Gasteiger partial charge is 0.382 e. The van der Waals surface area contributed by atoms with Gasteiger partial charge in [0.2, 0.25) is 5.95 Å². The van der Waals surface area contributed by atoms with E-state index in [0.29, 0.717) is 5.56 Å². The maximum Gasteiger partial charge on any atom is 0.222 e. The van der Waals surface area contributed by atoms with E-state index in [0.717, 1.165) is 6.07 Å². The van der Waals surface area contributed by atoms with E-state index in [2.05, 4.69) is 9.97 Å². The molecule has 0 spiro atoms. The average Bonchev–Trinajstić information content (AvgIpc) is 2.32. The van der Waals surface area contributed by atoms with Crippen molar-refractivity contribution < 1.29 is 4.39 Å². The van der Waals surface area contributed by atoms with Gasteiger partial charge >= 0.3 is 0 Å². The molecule has 2 rings (SSSR count). The smallest absolute Gasteiger partial charge is 0.222 e. The molecule has 4 N–H and O–H groups in total. The van der Waals surface area contributed by atoms with Crippen molar-refractivity contribution in [1.82, 2.24) is 9.97 Å². The molecular weight excluding hydrogens is 257 g/mol. The van der Waals surface area contributed by atoms with Crippen molar-refractivity contribution in [2.75, 3.05) is 11.5 Å². The van der Waals surface area contributed by atoms with Gasteiger partial charge in [-0.1, -0.05) is 17.7 Å². The Kier molecular flexibility index (Phi) is 3.00. The molecule has 0 aliphatic heterocycles. The summed E-state index contributed by atoms with van der Waals surface area (Å²) in [6.45, 7) is 0. The van der Waals surface area contributed by atoms with Gasteiger partial charge in [0.05, 0.1) is 10.7 Å². The molecule has 0 saturated heterocycles. The van der Waals surface area contributed by atoms with Crippen LogP contribution in [0, 0.1) is 17.1 Å². The molecule has 0 aliphatic rings. The van der Waals surface area contributed by atoms with Gasteiger partial charge in [0.1, 0.15) is 23.3 Å². The number of nitriles is 1. The van der Waals surface area contributed by atoms with Crippen LogP contribution in [0.2, 0.25) is 5.02 Å². The lowest BCUT2D eigenvalue weighted by molar-refractivity contribution is 0.628. The minimum Gasteiger partial charge on any atom is -0.382 e. The summed E-state index contributed by atoms with van der Waals surface area (Å²) < 4.78 is 13.4. The highest BCUT2D eigenvalue weighted by molar-refractivity contribution is 6.30. The summed E-state index contributed by atoms with van der Waals surface area (Å²) in [6, 6.07) is 5.90. The van der Waals surface area contributed by atoms with Gasteiger partial charge in [0, 0.05) is 5.56 Å². The van der Waals surface area contributed by atoms with Crippen LogP contribution in [0.4, 0.5) is 16.2 Å². The van der Waals surface area contributed by atoms with Crippen molar-refractivity contribution in [3.8, 4) is 17.3 Å². The Bertz CT molecular complexity index is 665. The van der Waals surface area contributed by atoms with Crippen LogP contribution in [0.25, 0.3) is 11.3 Å². The lowest BCUT2D eigenvalue weighted by Crippen LogP contribution is -2.05. The van der Waals surface area contributed by atoms with Gasteiger partial charge in [0.25, 0.3) is 0 Å². The summed E-state index contributed by atoms with van der Waals surface area (Å²) in [5.41, 5.74) is 11.6.